The zero-order valence-corrected chi connectivity index (χ0v) is 11.4. The molecule has 1 rings (SSSR count). The van der Waals surface area contributed by atoms with Crippen LogP contribution in [0.5, 0.6) is 0 Å². The van der Waals surface area contributed by atoms with Gasteiger partial charge in [-0.1, -0.05) is 0 Å². The third kappa shape index (κ3) is 4.57. The molecule has 0 aliphatic carbocycles. The number of carbonyl (C=O) groups is 2. The summed E-state index contributed by atoms with van der Waals surface area (Å²) in [6, 6.07) is -0.325. The first-order chi connectivity index (χ1) is 8.93. The van der Waals surface area contributed by atoms with Crippen molar-refractivity contribution in [1.29, 1.82) is 0 Å². The standard InChI is InChI=1S/C13H19N3O3/c1-4-16(10(2)7-13(18)19)12(17)6-5-11-8-14-15(3)9-11/h5-6,8-10H,4,7H2,1-3H3,(H,18,19). The molecule has 0 aliphatic rings. The number of carboxylic acids is 1. The number of hydrogen-bond donors (Lipinski definition) is 1. The Morgan fingerprint density at radius 3 is 2.74 bits per heavy atom. The van der Waals surface area contributed by atoms with Gasteiger partial charge in [-0.15, -0.1) is 0 Å². The normalized spacial score (nSPS) is 12.6. The quantitative estimate of drug-likeness (QED) is 0.783. The highest BCUT2D eigenvalue weighted by Crippen LogP contribution is 2.07. The molecule has 6 nitrogen and oxygen atoms in total. The zero-order valence-electron chi connectivity index (χ0n) is 11.4. The Morgan fingerprint density at radius 1 is 1.58 bits per heavy atom. The summed E-state index contributed by atoms with van der Waals surface area (Å²) < 4.78 is 1.65. The van der Waals surface area contributed by atoms with Crippen molar-refractivity contribution in [1.82, 2.24) is 14.7 Å². The van der Waals surface area contributed by atoms with Crippen molar-refractivity contribution in [2.24, 2.45) is 7.05 Å². The van der Waals surface area contributed by atoms with Crippen LogP contribution in [0, 0.1) is 0 Å². The van der Waals surface area contributed by atoms with Gasteiger partial charge in [0.15, 0.2) is 0 Å². The van der Waals surface area contributed by atoms with Crippen molar-refractivity contribution < 1.29 is 14.7 Å². The maximum Gasteiger partial charge on any atom is 0.305 e. The van der Waals surface area contributed by atoms with E-state index in [-0.39, 0.29) is 18.4 Å². The van der Waals surface area contributed by atoms with Crippen molar-refractivity contribution in [2.45, 2.75) is 26.3 Å². The largest absolute Gasteiger partial charge is 0.481 e. The number of carboxylic acid groups (broad SMARTS) is 1. The minimum absolute atomic E-state index is 0.0552. The highest BCUT2D eigenvalue weighted by molar-refractivity contribution is 5.92. The second-order valence-corrected chi connectivity index (χ2v) is 4.35. The van der Waals surface area contributed by atoms with E-state index in [4.69, 9.17) is 5.11 Å². The van der Waals surface area contributed by atoms with Crippen LogP contribution in [0.25, 0.3) is 6.08 Å². The summed E-state index contributed by atoms with van der Waals surface area (Å²) in [6.07, 6.45) is 6.51. The second-order valence-electron chi connectivity index (χ2n) is 4.35. The number of amides is 1. The lowest BCUT2D eigenvalue weighted by atomic mass is 10.2. The molecule has 104 valence electrons. The Balaban J connectivity index is 2.68. The molecule has 6 heteroatoms. The summed E-state index contributed by atoms with van der Waals surface area (Å²) >= 11 is 0. The van der Waals surface area contributed by atoms with Crippen LogP contribution in [0.3, 0.4) is 0 Å². The number of carbonyl (C=O) groups excluding carboxylic acids is 1. The van der Waals surface area contributed by atoms with Gasteiger partial charge in [0, 0.05) is 37.5 Å². The molecule has 0 radical (unpaired) electrons. The van der Waals surface area contributed by atoms with Crippen molar-refractivity contribution in [3.63, 3.8) is 0 Å². The third-order valence-corrected chi connectivity index (χ3v) is 2.77. The molecular weight excluding hydrogens is 246 g/mol. The van der Waals surface area contributed by atoms with Gasteiger partial charge in [-0.2, -0.15) is 5.10 Å². The fourth-order valence-corrected chi connectivity index (χ4v) is 1.84. The number of aromatic nitrogens is 2. The maximum absolute atomic E-state index is 12.0. The van der Waals surface area contributed by atoms with Crippen molar-refractivity contribution in [3.05, 3.63) is 24.0 Å². The number of aryl methyl sites for hydroxylation is 1. The topological polar surface area (TPSA) is 75.4 Å². The van der Waals surface area contributed by atoms with Crippen LogP contribution in [0.2, 0.25) is 0 Å². The van der Waals surface area contributed by atoms with Gasteiger partial charge in [0.2, 0.25) is 5.91 Å². The highest BCUT2D eigenvalue weighted by atomic mass is 16.4. The summed E-state index contributed by atoms with van der Waals surface area (Å²) in [4.78, 5) is 24.2. The fourth-order valence-electron chi connectivity index (χ4n) is 1.84. The molecule has 0 saturated heterocycles. The number of likely N-dealkylation sites (N-methyl/N-ethyl adjacent to an activating group) is 1. The molecule has 1 aromatic rings. The average molecular weight is 265 g/mol. The molecule has 1 aromatic heterocycles. The second kappa shape index (κ2) is 6.72. The molecule has 19 heavy (non-hydrogen) atoms. The van der Waals surface area contributed by atoms with Gasteiger partial charge in [-0.25, -0.2) is 0 Å². The number of nitrogens with zero attached hydrogens (tertiary/aromatic N) is 3. The predicted molar refractivity (Wildman–Crippen MR) is 71.3 cm³/mol. The summed E-state index contributed by atoms with van der Waals surface area (Å²) in [7, 11) is 1.80. The zero-order chi connectivity index (χ0) is 14.4. The van der Waals surface area contributed by atoms with Crippen LogP contribution in [-0.2, 0) is 16.6 Å². The van der Waals surface area contributed by atoms with Crippen LogP contribution in [0.4, 0.5) is 0 Å². The van der Waals surface area contributed by atoms with Crippen molar-refractivity contribution in [2.75, 3.05) is 6.54 Å². The van der Waals surface area contributed by atoms with Gasteiger partial charge < -0.3 is 10.0 Å². The van der Waals surface area contributed by atoms with E-state index < -0.39 is 5.97 Å². The van der Waals surface area contributed by atoms with Crippen molar-refractivity contribution in [3.8, 4) is 0 Å². The average Bonchev–Trinajstić information content (AvgIpc) is 2.72. The van der Waals surface area contributed by atoms with Crippen LogP contribution < -0.4 is 0 Å². The molecular formula is C13H19N3O3. The number of rotatable bonds is 6. The van der Waals surface area contributed by atoms with Gasteiger partial charge in [-0.3, -0.25) is 14.3 Å². The van der Waals surface area contributed by atoms with E-state index in [2.05, 4.69) is 5.10 Å². The van der Waals surface area contributed by atoms with Gasteiger partial charge in [0.05, 0.1) is 12.6 Å². The summed E-state index contributed by atoms with van der Waals surface area (Å²) in [5.74, 6) is -1.10. The lowest BCUT2D eigenvalue weighted by Crippen LogP contribution is -2.38. The van der Waals surface area contributed by atoms with E-state index in [0.29, 0.717) is 6.54 Å². The number of hydrogen-bond acceptors (Lipinski definition) is 3. The molecule has 1 amide bonds. The molecule has 1 atom stereocenters. The van der Waals surface area contributed by atoms with Crippen LogP contribution in [0.15, 0.2) is 18.5 Å². The third-order valence-electron chi connectivity index (χ3n) is 2.77. The Morgan fingerprint density at radius 2 is 2.26 bits per heavy atom. The Labute approximate surface area is 112 Å². The number of aliphatic carboxylic acids is 1. The molecule has 1 unspecified atom stereocenters. The summed E-state index contributed by atoms with van der Waals surface area (Å²) in [5, 5.41) is 12.8. The molecule has 0 aromatic carbocycles. The van der Waals surface area contributed by atoms with Crippen LogP contribution in [0.1, 0.15) is 25.8 Å². The van der Waals surface area contributed by atoms with E-state index in [1.54, 1.807) is 37.1 Å². The first-order valence-corrected chi connectivity index (χ1v) is 6.13. The van der Waals surface area contributed by atoms with Crippen LogP contribution >= 0.6 is 0 Å². The Kier molecular flexibility index (Phi) is 5.29. The first-order valence-electron chi connectivity index (χ1n) is 6.13. The molecule has 0 aliphatic heterocycles. The molecule has 0 spiro atoms. The summed E-state index contributed by atoms with van der Waals surface area (Å²) in [6.45, 7) is 4.03. The SMILES string of the molecule is CCN(C(=O)C=Cc1cnn(C)c1)C(C)CC(=O)O. The first kappa shape index (κ1) is 14.9. The van der Waals surface area contributed by atoms with E-state index in [1.165, 1.54) is 11.0 Å². The smallest absolute Gasteiger partial charge is 0.305 e. The molecule has 1 heterocycles. The fraction of sp³-hybridized carbons (Fsp3) is 0.462. The monoisotopic (exact) mass is 265 g/mol. The van der Waals surface area contributed by atoms with E-state index in [1.807, 2.05) is 6.92 Å². The van der Waals surface area contributed by atoms with E-state index in [9.17, 15) is 9.59 Å². The predicted octanol–water partition coefficient (Wildman–Crippen LogP) is 1.15. The van der Waals surface area contributed by atoms with Gasteiger partial charge in [0.25, 0.3) is 0 Å². The lowest BCUT2D eigenvalue weighted by molar-refractivity contribution is -0.139. The Bertz CT molecular complexity index is 479. The van der Waals surface area contributed by atoms with Crippen molar-refractivity contribution >= 4 is 18.0 Å². The molecule has 0 saturated carbocycles. The van der Waals surface area contributed by atoms with Gasteiger partial charge in [0.1, 0.15) is 0 Å². The minimum Gasteiger partial charge on any atom is -0.481 e. The molecule has 0 fully saturated rings. The van der Waals surface area contributed by atoms with E-state index >= 15 is 0 Å². The molecule has 0 bridgehead atoms. The molecule has 1 N–H and O–H groups in total. The van der Waals surface area contributed by atoms with Crippen LogP contribution in [-0.4, -0.2) is 44.3 Å². The maximum atomic E-state index is 12.0. The van der Waals surface area contributed by atoms with Gasteiger partial charge in [-0.05, 0) is 19.9 Å². The van der Waals surface area contributed by atoms with E-state index in [0.717, 1.165) is 5.56 Å². The highest BCUT2D eigenvalue weighted by Gasteiger charge is 2.18. The summed E-state index contributed by atoms with van der Waals surface area (Å²) in [5.41, 5.74) is 0.831. The minimum atomic E-state index is -0.907. The van der Waals surface area contributed by atoms with Gasteiger partial charge >= 0.3 is 5.97 Å². The lowest BCUT2D eigenvalue weighted by Gasteiger charge is -2.25. The Hall–Kier alpha value is -2.11.